The van der Waals surface area contributed by atoms with Gasteiger partial charge in [0.25, 0.3) is 0 Å². The maximum atomic E-state index is 12.6. The minimum Gasteiger partial charge on any atom is -0.334 e. The summed E-state index contributed by atoms with van der Waals surface area (Å²) in [5.74, 6) is 0.192. The van der Waals surface area contributed by atoms with Gasteiger partial charge in [0.2, 0.25) is 5.91 Å². The first-order chi connectivity index (χ1) is 12.1. The number of carbonyl (C=O) groups is 2. The van der Waals surface area contributed by atoms with Crippen LogP contribution in [0.15, 0.2) is 43.0 Å². The van der Waals surface area contributed by atoms with E-state index in [0.717, 1.165) is 37.8 Å². The van der Waals surface area contributed by atoms with E-state index in [-0.39, 0.29) is 17.5 Å². The van der Waals surface area contributed by atoms with Crippen LogP contribution in [0, 0.1) is 0 Å². The molecule has 5 heteroatoms. The second-order valence-corrected chi connectivity index (χ2v) is 7.04. The van der Waals surface area contributed by atoms with Crippen LogP contribution < -0.4 is 5.32 Å². The molecule has 1 aromatic rings. The molecular weight excluding hydrogens is 314 g/mol. The zero-order chi connectivity index (χ0) is 17.7. The fraction of sp³-hybridized carbons (Fsp3) is 0.500. The monoisotopic (exact) mass is 341 g/mol. The van der Waals surface area contributed by atoms with E-state index in [1.165, 1.54) is 0 Å². The van der Waals surface area contributed by atoms with E-state index < -0.39 is 0 Å². The minimum absolute atomic E-state index is 0.0421. The summed E-state index contributed by atoms with van der Waals surface area (Å²) in [6, 6.07) is 9.87. The number of nitrogens with one attached hydrogen (secondary N) is 1. The molecule has 3 amide bonds. The third kappa shape index (κ3) is 3.86. The highest BCUT2D eigenvalue weighted by Gasteiger charge is 2.45. The fourth-order valence-corrected chi connectivity index (χ4v) is 4.12. The van der Waals surface area contributed by atoms with Gasteiger partial charge in [0, 0.05) is 32.6 Å². The van der Waals surface area contributed by atoms with E-state index in [1.807, 2.05) is 40.1 Å². The predicted octanol–water partition coefficient (Wildman–Crippen LogP) is 2.93. The molecule has 5 nitrogen and oxygen atoms in total. The maximum absolute atomic E-state index is 12.6. The van der Waals surface area contributed by atoms with Crippen molar-refractivity contribution in [1.29, 1.82) is 0 Å². The van der Waals surface area contributed by atoms with Crippen LogP contribution in [0.4, 0.5) is 4.79 Å². The summed E-state index contributed by atoms with van der Waals surface area (Å²) in [4.78, 5) is 28.9. The molecule has 0 saturated carbocycles. The van der Waals surface area contributed by atoms with E-state index >= 15 is 0 Å². The molecule has 2 saturated heterocycles. The highest BCUT2D eigenvalue weighted by atomic mass is 16.2. The van der Waals surface area contributed by atoms with Crippen molar-refractivity contribution in [3.63, 3.8) is 0 Å². The van der Waals surface area contributed by atoms with Crippen LogP contribution >= 0.6 is 0 Å². The SMILES string of the molecule is C=CCN1C(=O)CCCC12CCCN(C(=O)NCc1ccccc1)C2. The van der Waals surface area contributed by atoms with Gasteiger partial charge in [-0.2, -0.15) is 0 Å². The number of piperidine rings is 2. The van der Waals surface area contributed by atoms with Crippen molar-refractivity contribution in [2.45, 2.75) is 44.2 Å². The topological polar surface area (TPSA) is 52.7 Å². The number of urea groups is 1. The summed E-state index contributed by atoms with van der Waals surface area (Å²) in [5.41, 5.74) is 0.870. The molecule has 1 unspecified atom stereocenters. The van der Waals surface area contributed by atoms with Gasteiger partial charge in [-0.15, -0.1) is 6.58 Å². The minimum atomic E-state index is -0.216. The van der Waals surface area contributed by atoms with Crippen LogP contribution in [0.2, 0.25) is 0 Å². The Kier molecular flexibility index (Phi) is 5.41. The first-order valence-corrected chi connectivity index (χ1v) is 9.13. The van der Waals surface area contributed by atoms with Gasteiger partial charge in [-0.25, -0.2) is 4.79 Å². The van der Waals surface area contributed by atoms with Crippen LogP contribution in [0.3, 0.4) is 0 Å². The Morgan fingerprint density at radius 1 is 1.24 bits per heavy atom. The Hall–Kier alpha value is -2.30. The summed E-state index contributed by atoms with van der Waals surface area (Å²) in [6.07, 6.45) is 6.17. The van der Waals surface area contributed by atoms with Crippen LogP contribution in [0.1, 0.15) is 37.7 Å². The third-order valence-electron chi connectivity index (χ3n) is 5.35. The number of likely N-dealkylation sites (tertiary alicyclic amines) is 2. The van der Waals surface area contributed by atoms with E-state index in [2.05, 4.69) is 11.9 Å². The molecule has 0 bridgehead atoms. The Morgan fingerprint density at radius 2 is 2.00 bits per heavy atom. The zero-order valence-corrected chi connectivity index (χ0v) is 14.7. The predicted molar refractivity (Wildman–Crippen MR) is 98.0 cm³/mol. The molecule has 1 spiro atoms. The Morgan fingerprint density at radius 3 is 2.76 bits per heavy atom. The number of rotatable bonds is 4. The summed E-state index contributed by atoms with van der Waals surface area (Å²) >= 11 is 0. The Balaban J connectivity index is 1.66. The molecule has 0 aliphatic carbocycles. The number of carbonyl (C=O) groups excluding carboxylic acids is 2. The smallest absolute Gasteiger partial charge is 0.317 e. The zero-order valence-electron chi connectivity index (χ0n) is 14.7. The second-order valence-electron chi connectivity index (χ2n) is 7.04. The fourth-order valence-electron chi connectivity index (χ4n) is 4.12. The van der Waals surface area contributed by atoms with Crippen molar-refractivity contribution in [1.82, 2.24) is 15.1 Å². The largest absolute Gasteiger partial charge is 0.334 e. The lowest BCUT2D eigenvalue weighted by atomic mass is 9.79. The van der Waals surface area contributed by atoms with Gasteiger partial charge in [0.05, 0.1) is 5.54 Å². The molecule has 2 aliphatic heterocycles. The van der Waals surface area contributed by atoms with Gasteiger partial charge in [-0.1, -0.05) is 36.4 Å². The average molecular weight is 341 g/mol. The number of amides is 3. The van der Waals surface area contributed by atoms with Crippen LogP contribution in [0.25, 0.3) is 0 Å². The number of hydrogen-bond donors (Lipinski definition) is 1. The first-order valence-electron chi connectivity index (χ1n) is 9.13. The number of benzene rings is 1. The van der Waals surface area contributed by atoms with Gasteiger partial charge in [0.15, 0.2) is 0 Å². The molecule has 0 radical (unpaired) electrons. The Labute approximate surface area is 149 Å². The summed E-state index contributed by atoms with van der Waals surface area (Å²) < 4.78 is 0. The van der Waals surface area contributed by atoms with Crippen LogP contribution in [0.5, 0.6) is 0 Å². The van der Waals surface area contributed by atoms with Crippen molar-refractivity contribution in [3.05, 3.63) is 48.6 Å². The van der Waals surface area contributed by atoms with E-state index in [0.29, 0.717) is 26.1 Å². The van der Waals surface area contributed by atoms with Crippen molar-refractivity contribution in [2.75, 3.05) is 19.6 Å². The molecule has 134 valence electrons. The molecule has 2 heterocycles. The van der Waals surface area contributed by atoms with Crippen molar-refractivity contribution in [2.24, 2.45) is 0 Å². The van der Waals surface area contributed by atoms with Crippen molar-refractivity contribution >= 4 is 11.9 Å². The van der Waals surface area contributed by atoms with E-state index in [9.17, 15) is 9.59 Å². The van der Waals surface area contributed by atoms with E-state index in [4.69, 9.17) is 0 Å². The van der Waals surface area contributed by atoms with E-state index in [1.54, 1.807) is 6.08 Å². The maximum Gasteiger partial charge on any atom is 0.317 e. The summed E-state index contributed by atoms with van der Waals surface area (Å²) in [6.45, 7) is 6.26. The van der Waals surface area contributed by atoms with Crippen molar-refractivity contribution in [3.8, 4) is 0 Å². The van der Waals surface area contributed by atoms with Gasteiger partial charge in [-0.05, 0) is 31.2 Å². The van der Waals surface area contributed by atoms with Gasteiger partial charge in [0.1, 0.15) is 0 Å². The highest BCUT2D eigenvalue weighted by Crippen LogP contribution is 2.36. The van der Waals surface area contributed by atoms with Crippen LogP contribution in [-0.4, -0.2) is 46.9 Å². The first kappa shape index (κ1) is 17.5. The molecule has 2 fully saturated rings. The standard InChI is InChI=1S/C20H27N3O2/c1-2-13-23-18(24)10-6-11-20(23)12-7-14-22(16-20)19(25)21-15-17-8-4-3-5-9-17/h2-5,8-9H,1,6-7,10-16H2,(H,21,25). The normalized spacial score (nSPS) is 23.6. The van der Waals surface area contributed by atoms with Gasteiger partial charge < -0.3 is 15.1 Å². The molecule has 1 N–H and O–H groups in total. The number of hydrogen-bond acceptors (Lipinski definition) is 2. The van der Waals surface area contributed by atoms with Crippen molar-refractivity contribution < 1.29 is 9.59 Å². The molecule has 1 aromatic carbocycles. The third-order valence-corrected chi connectivity index (χ3v) is 5.35. The lowest BCUT2D eigenvalue weighted by molar-refractivity contribution is -0.143. The highest BCUT2D eigenvalue weighted by molar-refractivity contribution is 5.79. The molecule has 1 atom stereocenters. The Bertz CT molecular complexity index is 627. The summed E-state index contributed by atoms with van der Waals surface area (Å²) in [7, 11) is 0. The van der Waals surface area contributed by atoms with Crippen LogP contribution in [-0.2, 0) is 11.3 Å². The number of nitrogens with zero attached hydrogens (tertiary/aromatic N) is 2. The van der Waals surface area contributed by atoms with Gasteiger partial charge >= 0.3 is 6.03 Å². The summed E-state index contributed by atoms with van der Waals surface area (Å²) in [5, 5.41) is 3.01. The lowest BCUT2D eigenvalue weighted by Crippen LogP contribution is -2.63. The quantitative estimate of drug-likeness (QED) is 0.856. The molecule has 2 aliphatic rings. The molecular formula is C20H27N3O2. The second kappa shape index (κ2) is 7.72. The molecule has 25 heavy (non-hydrogen) atoms. The van der Waals surface area contributed by atoms with Gasteiger partial charge in [-0.3, -0.25) is 4.79 Å². The lowest BCUT2D eigenvalue weighted by Gasteiger charge is -2.51. The average Bonchev–Trinajstić information content (AvgIpc) is 2.64. The molecule has 3 rings (SSSR count). The molecule has 0 aromatic heterocycles.